The van der Waals surface area contributed by atoms with Crippen molar-refractivity contribution in [2.75, 3.05) is 26.7 Å². The zero-order valence-electron chi connectivity index (χ0n) is 10.9. The van der Waals surface area contributed by atoms with E-state index in [-0.39, 0.29) is 5.54 Å². The summed E-state index contributed by atoms with van der Waals surface area (Å²) in [6.45, 7) is 2.84. The van der Waals surface area contributed by atoms with Crippen molar-refractivity contribution >= 4 is 0 Å². The van der Waals surface area contributed by atoms with Crippen molar-refractivity contribution < 1.29 is 13.2 Å². The van der Waals surface area contributed by atoms with Crippen LogP contribution in [0.15, 0.2) is 12.1 Å². The van der Waals surface area contributed by atoms with Crippen LogP contribution in [0.5, 0.6) is 0 Å². The second-order valence-corrected chi connectivity index (χ2v) is 5.57. The number of likely N-dealkylation sites (tertiary alicyclic amines) is 1. The summed E-state index contributed by atoms with van der Waals surface area (Å²) in [6.07, 6.45) is -2.53. The summed E-state index contributed by atoms with van der Waals surface area (Å²) < 4.78 is 40.4. The number of hydrogen-bond donors (Lipinski definition) is 1. The molecular weight excluding hydrogens is 255 g/mol. The molecule has 1 fully saturated rings. The molecule has 0 radical (unpaired) electrons. The van der Waals surface area contributed by atoms with Gasteiger partial charge < -0.3 is 14.8 Å². The third kappa shape index (κ3) is 2.07. The van der Waals surface area contributed by atoms with Gasteiger partial charge in [-0.25, -0.2) is 0 Å². The van der Waals surface area contributed by atoms with Crippen molar-refractivity contribution in [3.05, 3.63) is 23.5 Å². The smallest absolute Gasteiger partial charge is 0.338 e. The number of piperidine rings is 1. The van der Waals surface area contributed by atoms with E-state index in [1.807, 2.05) is 0 Å². The van der Waals surface area contributed by atoms with E-state index < -0.39 is 11.9 Å². The van der Waals surface area contributed by atoms with Gasteiger partial charge in [0.05, 0.1) is 5.54 Å². The number of rotatable bonds is 0. The number of hydrogen-bond acceptors (Lipinski definition) is 2. The predicted molar refractivity (Wildman–Crippen MR) is 65.8 cm³/mol. The number of fused-ring (bicyclic) bond motifs is 2. The molecule has 0 bridgehead atoms. The second kappa shape index (κ2) is 4.24. The summed E-state index contributed by atoms with van der Waals surface area (Å²) >= 11 is 0. The summed E-state index contributed by atoms with van der Waals surface area (Å²) in [5.41, 5.74) is 0.0235. The van der Waals surface area contributed by atoms with E-state index in [0.29, 0.717) is 13.1 Å². The second-order valence-electron chi connectivity index (χ2n) is 5.57. The summed E-state index contributed by atoms with van der Waals surface area (Å²) in [4.78, 5) is 2.22. The number of halogens is 3. The Morgan fingerprint density at radius 2 is 1.84 bits per heavy atom. The van der Waals surface area contributed by atoms with Gasteiger partial charge in [0.15, 0.2) is 0 Å². The van der Waals surface area contributed by atoms with Crippen LogP contribution in [0.2, 0.25) is 0 Å². The SMILES string of the molecule is CN1CCC2(CC1)NCCn1c(C(F)(F)F)ccc12. The molecule has 0 saturated carbocycles. The zero-order chi connectivity index (χ0) is 13.7. The summed E-state index contributed by atoms with van der Waals surface area (Å²) in [7, 11) is 2.05. The van der Waals surface area contributed by atoms with E-state index in [1.165, 1.54) is 10.6 Å². The van der Waals surface area contributed by atoms with Crippen LogP contribution in [-0.4, -0.2) is 36.1 Å². The first-order valence-electron chi connectivity index (χ1n) is 6.63. The number of nitrogens with one attached hydrogen (secondary N) is 1. The lowest BCUT2D eigenvalue weighted by Crippen LogP contribution is -2.55. The fourth-order valence-electron chi connectivity index (χ4n) is 3.30. The van der Waals surface area contributed by atoms with E-state index in [2.05, 4.69) is 17.3 Å². The molecular formula is C13H18F3N3. The van der Waals surface area contributed by atoms with Gasteiger partial charge >= 0.3 is 6.18 Å². The molecule has 0 aliphatic carbocycles. The summed E-state index contributed by atoms with van der Waals surface area (Å²) in [6, 6.07) is 2.88. The molecule has 6 heteroatoms. The molecule has 3 rings (SSSR count). The number of nitrogens with zero attached hydrogens (tertiary/aromatic N) is 2. The van der Waals surface area contributed by atoms with Crippen molar-refractivity contribution in [3.63, 3.8) is 0 Å². The normalized spacial score (nSPS) is 23.6. The Morgan fingerprint density at radius 1 is 1.16 bits per heavy atom. The Morgan fingerprint density at radius 3 is 2.47 bits per heavy atom. The van der Waals surface area contributed by atoms with Gasteiger partial charge in [0.2, 0.25) is 0 Å². The monoisotopic (exact) mass is 273 g/mol. The minimum absolute atomic E-state index is 0.270. The van der Waals surface area contributed by atoms with Gasteiger partial charge in [-0.1, -0.05) is 0 Å². The van der Waals surface area contributed by atoms with Crippen molar-refractivity contribution in [2.45, 2.75) is 31.1 Å². The minimum Gasteiger partial charge on any atom is -0.338 e. The molecule has 1 N–H and O–H groups in total. The molecule has 1 aromatic heterocycles. The zero-order valence-corrected chi connectivity index (χ0v) is 10.9. The van der Waals surface area contributed by atoms with Crippen LogP contribution in [0.4, 0.5) is 13.2 Å². The standard InChI is InChI=1S/C13H18F3N3/c1-18-7-4-12(5-8-18)10-2-3-11(13(14,15)16)19(10)9-6-17-12/h2-3,17H,4-9H2,1H3. The van der Waals surface area contributed by atoms with Crippen LogP contribution in [0, 0.1) is 0 Å². The first-order valence-corrected chi connectivity index (χ1v) is 6.63. The molecule has 19 heavy (non-hydrogen) atoms. The van der Waals surface area contributed by atoms with Crippen molar-refractivity contribution in [1.29, 1.82) is 0 Å². The van der Waals surface area contributed by atoms with Gasteiger partial charge in [-0.15, -0.1) is 0 Å². The van der Waals surface area contributed by atoms with Crippen LogP contribution < -0.4 is 5.32 Å². The van der Waals surface area contributed by atoms with Crippen LogP contribution in [0.1, 0.15) is 24.2 Å². The van der Waals surface area contributed by atoms with Crippen LogP contribution in [0.3, 0.4) is 0 Å². The minimum atomic E-state index is -4.26. The highest BCUT2D eigenvalue weighted by Crippen LogP contribution is 2.39. The van der Waals surface area contributed by atoms with Gasteiger partial charge in [-0.2, -0.15) is 13.2 Å². The Hall–Kier alpha value is -1.01. The fraction of sp³-hybridized carbons (Fsp3) is 0.692. The molecule has 2 aliphatic heterocycles. The maximum absolute atomic E-state index is 13.0. The highest BCUT2D eigenvalue weighted by molar-refractivity contribution is 5.28. The van der Waals surface area contributed by atoms with Gasteiger partial charge in [0.25, 0.3) is 0 Å². The first kappa shape index (κ1) is 13.0. The molecule has 1 spiro atoms. The van der Waals surface area contributed by atoms with Crippen LogP contribution in [0.25, 0.3) is 0 Å². The Balaban J connectivity index is 2.00. The third-order valence-corrected chi connectivity index (χ3v) is 4.40. The largest absolute Gasteiger partial charge is 0.431 e. The highest BCUT2D eigenvalue weighted by atomic mass is 19.4. The molecule has 2 aliphatic rings. The lowest BCUT2D eigenvalue weighted by molar-refractivity contribution is -0.144. The van der Waals surface area contributed by atoms with Gasteiger partial charge in [-0.3, -0.25) is 0 Å². The van der Waals surface area contributed by atoms with Gasteiger partial charge in [0.1, 0.15) is 5.69 Å². The van der Waals surface area contributed by atoms with Crippen molar-refractivity contribution in [1.82, 2.24) is 14.8 Å². The quantitative estimate of drug-likeness (QED) is 0.780. The topological polar surface area (TPSA) is 20.2 Å². The van der Waals surface area contributed by atoms with Gasteiger partial charge in [0, 0.05) is 18.8 Å². The third-order valence-electron chi connectivity index (χ3n) is 4.40. The van der Waals surface area contributed by atoms with E-state index in [4.69, 9.17) is 0 Å². The molecule has 0 atom stereocenters. The summed E-state index contributed by atoms with van der Waals surface area (Å²) in [5, 5.41) is 3.46. The highest BCUT2D eigenvalue weighted by Gasteiger charge is 2.43. The molecule has 0 amide bonds. The molecule has 1 aromatic rings. The lowest BCUT2D eigenvalue weighted by atomic mass is 9.83. The molecule has 1 saturated heterocycles. The Kier molecular flexibility index (Phi) is 2.90. The molecule has 3 nitrogen and oxygen atoms in total. The fourth-order valence-corrected chi connectivity index (χ4v) is 3.30. The van der Waals surface area contributed by atoms with E-state index >= 15 is 0 Å². The molecule has 3 heterocycles. The first-order chi connectivity index (χ1) is 8.92. The maximum atomic E-state index is 13.0. The van der Waals surface area contributed by atoms with Crippen molar-refractivity contribution in [3.8, 4) is 0 Å². The lowest BCUT2D eigenvalue weighted by Gasteiger charge is -2.45. The molecule has 0 aromatic carbocycles. The number of alkyl halides is 3. The van der Waals surface area contributed by atoms with Crippen molar-refractivity contribution in [2.24, 2.45) is 0 Å². The van der Waals surface area contributed by atoms with E-state index in [9.17, 15) is 13.2 Å². The van der Waals surface area contributed by atoms with Gasteiger partial charge in [-0.05, 0) is 45.1 Å². The summed E-state index contributed by atoms with van der Waals surface area (Å²) in [5.74, 6) is 0. The molecule has 0 unspecified atom stereocenters. The predicted octanol–water partition coefficient (Wildman–Crippen LogP) is 2.03. The number of aromatic nitrogens is 1. The maximum Gasteiger partial charge on any atom is 0.431 e. The van der Waals surface area contributed by atoms with Crippen LogP contribution >= 0.6 is 0 Å². The van der Waals surface area contributed by atoms with E-state index in [0.717, 1.165) is 31.6 Å². The molecule has 106 valence electrons. The van der Waals surface area contributed by atoms with Crippen LogP contribution in [-0.2, 0) is 18.3 Å². The van der Waals surface area contributed by atoms with E-state index in [1.54, 1.807) is 6.07 Å². The Bertz CT molecular complexity index is 470. The Labute approximate surface area is 110 Å². The average molecular weight is 273 g/mol. The average Bonchev–Trinajstić information content (AvgIpc) is 2.78.